The summed E-state index contributed by atoms with van der Waals surface area (Å²) in [6.45, 7) is 3.46. The summed E-state index contributed by atoms with van der Waals surface area (Å²) in [7, 11) is -3.16. The first-order valence-corrected chi connectivity index (χ1v) is 11.4. The van der Waals surface area contributed by atoms with Crippen molar-refractivity contribution in [3.8, 4) is 5.88 Å². The molecular weight excluding hydrogens is 402 g/mol. The Morgan fingerprint density at radius 1 is 1.39 bits per heavy atom. The van der Waals surface area contributed by atoms with Crippen LogP contribution in [0.2, 0.25) is 5.15 Å². The van der Waals surface area contributed by atoms with Gasteiger partial charge in [0.1, 0.15) is 15.0 Å². The number of azide groups is 1. The van der Waals surface area contributed by atoms with Crippen LogP contribution in [0.25, 0.3) is 21.2 Å². The zero-order valence-corrected chi connectivity index (χ0v) is 17.5. The number of rotatable bonds is 8. The Bertz CT molecular complexity index is 1030. The molecule has 8 nitrogen and oxygen atoms in total. The van der Waals surface area contributed by atoms with Crippen molar-refractivity contribution in [2.45, 2.75) is 50.5 Å². The van der Waals surface area contributed by atoms with Gasteiger partial charge in [-0.15, -0.1) is 0 Å². The Kier molecular flexibility index (Phi) is 5.98. The van der Waals surface area contributed by atoms with Crippen LogP contribution in [-0.4, -0.2) is 36.0 Å². The van der Waals surface area contributed by atoms with Gasteiger partial charge in [-0.2, -0.15) is 0 Å². The molecule has 1 fully saturated rings. The van der Waals surface area contributed by atoms with Gasteiger partial charge in [0.05, 0.1) is 28.5 Å². The number of hydrogen-bond acceptors (Lipinski definition) is 6. The zero-order chi connectivity index (χ0) is 20.5. The molecule has 0 unspecified atom stereocenters. The SMILES string of the molecule is C[C@H](C[C@@H](C)S(C)(=O)=O)Oc1nc([C@H](N=[N+]=[N-])C2CC2)cc2cc(Cl)ncc12. The molecule has 2 aromatic rings. The number of hydrogen-bond donors (Lipinski definition) is 0. The number of fused-ring (bicyclic) bond motifs is 1. The molecule has 1 aliphatic carbocycles. The van der Waals surface area contributed by atoms with Crippen molar-refractivity contribution < 1.29 is 13.2 Å². The van der Waals surface area contributed by atoms with Crippen molar-refractivity contribution >= 4 is 32.2 Å². The number of sulfone groups is 1. The second kappa shape index (κ2) is 8.11. The molecule has 150 valence electrons. The van der Waals surface area contributed by atoms with E-state index in [1.54, 1.807) is 26.1 Å². The Balaban J connectivity index is 1.98. The standard InChI is InChI=1S/C18H22ClN5O3S/c1-10(6-11(2)28(3,25)26)27-18-14-9-21-16(19)8-13(14)7-15(22-18)17(23-24-20)12-4-5-12/h7-12,17H,4-6H2,1-3H3/t10-,11-,17-/m1/s1. The maximum atomic E-state index is 11.7. The third-order valence-electron chi connectivity index (χ3n) is 4.92. The summed E-state index contributed by atoms with van der Waals surface area (Å²) in [6, 6.07) is 3.18. The van der Waals surface area contributed by atoms with E-state index in [1.807, 2.05) is 6.07 Å². The minimum atomic E-state index is -3.16. The lowest BCUT2D eigenvalue weighted by Gasteiger charge is -2.20. The fourth-order valence-electron chi connectivity index (χ4n) is 3.10. The van der Waals surface area contributed by atoms with Gasteiger partial charge in [0.15, 0.2) is 0 Å². The molecule has 0 saturated heterocycles. The second-order valence-corrected chi connectivity index (χ2v) is 10.2. The van der Waals surface area contributed by atoms with Crippen LogP contribution >= 0.6 is 11.6 Å². The summed E-state index contributed by atoms with van der Waals surface area (Å²) in [4.78, 5) is 11.7. The van der Waals surface area contributed by atoms with Gasteiger partial charge in [-0.1, -0.05) is 16.7 Å². The van der Waals surface area contributed by atoms with E-state index in [0.717, 1.165) is 18.2 Å². The maximum Gasteiger partial charge on any atom is 0.223 e. The molecule has 0 N–H and O–H groups in total. The van der Waals surface area contributed by atoms with E-state index in [9.17, 15) is 8.42 Å². The van der Waals surface area contributed by atoms with Gasteiger partial charge in [0, 0.05) is 23.8 Å². The van der Waals surface area contributed by atoms with Crippen molar-refractivity contribution in [3.05, 3.63) is 39.6 Å². The van der Waals surface area contributed by atoms with E-state index >= 15 is 0 Å². The Hall–Kier alpha value is -2.09. The van der Waals surface area contributed by atoms with Crippen LogP contribution in [0.3, 0.4) is 0 Å². The smallest absolute Gasteiger partial charge is 0.223 e. The van der Waals surface area contributed by atoms with Crippen molar-refractivity contribution in [1.29, 1.82) is 0 Å². The molecule has 0 radical (unpaired) electrons. The average Bonchev–Trinajstić information content (AvgIpc) is 3.43. The molecule has 28 heavy (non-hydrogen) atoms. The topological polar surface area (TPSA) is 118 Å². The summed E-state index contributed by atoms with van der Waals surface area (Å²) in [6.07, 6.45) is 4.71. The van der Waals surface area contributed by atoms with Crippen molar-refractivity contribution in [2.75, 3.05) is 6.26 Å². The largest absolute Gasteiger partial charge is 0.474 e. The molecule has 0 aromatic carbocycles. The molecule has 3 rings (SSSR count). The maximum absolute atomic E-state index is 11.7. The van der Waals surface area contributed by atoms with E-state index in [-0.39, 0.29) is 18.1 Å². The summed E-state index contributed by atoms with van der Waals surface area (Å²) in [5, 5.41) is 5.17. The Labute approximate surface area is 168 Å². The van der Waals surface area contributed by atoms with Crippen LogP contribution in [0.15, 0.2) is 23.4 Å². The number of ether oxygens (including phenoxy) is 1. The van der Waals surface area contributed by atoms with Gasteiger partial charge in [0.2, 0.25) is 5.88 Å². The lowest BCUT2D eigenvalue weighted by atomic mass is 10.1. The van der Waals surface area contributed by atoms with E-state index in [2.05, 4.69) is 20.0 Å². The van der Waals surface area contributed by atoms with Gasteiger partial charge >= 0.3 is 0 Å². The molecule has 2 heterocycles. The quantitative estimate of drug-likeness (QED) is 0.265. The highest BCUT2D eigenvalue weighted by Gasteiger charge is 2.33. The Morgan fingerprint density at radius 3 is 2.71 bits per heavy atom. The number of aromatic nitrogens is 2. The summed E-state index contributed by atoms with van der Waals surface area (Å²) < 4.78 is 29.5. The number of pyridine rings is 2. The first-order chi connectivity index (χ1) is 13.2. The predicted molar refractivity (Wildman–Crippen MR) is 108 cm³/mol. The first-order valence-electron chi connectivity index (χ1n) is 9.05. The van der Waals surface area contributed by atoms with Crippen LogP contribution in [0, 0.1) is 5.92 Å². The first kappa shape index (κ1) is 20.6. The molecule has 1 aliphatic rings. The fourth-order valence-corrected chi connectivity index (χ4v) is 3.88. The molecule has 1 saturated carbocycles. The highest BCUT2D eigenvalue weighted by molar-refractivity contribution is 7.91. The molecule has 0 amide bonds. The van der Waals surface area contributed by atoms with E-state index in [0.29, 0.717) is 28.5 Å². The van der Waals surface area contributed by atoms with Crippen LogP contribution in [0.4, 0.5) is 0 Å². The van der Waals surface area contributed by atoms with Crippen LogP contribution in [-0.2, 0) is 9.84 Å². The lowest BCUT2D eigenvalue weighted by Crippen LogP contribution is -2.25. The van der Waals surface area contributed by atoms with Crippen molar-refractivity contribution in [1.82, 2.24) is 9.97 Å². The van der Waals surface area contributed by atoms with Gasteiger partial charge in [-0.05, 0) is 55.7 Å². The molecule has 0 spiro atoms. The minimum Gasteiger partial charge on any atom is -0.474 e. The third-order valence-corrected chi connectivity index (χ3v) is 6.78. The highest BCUT2D eigenvalue weighted by Crippen LogP contribution is 2.44. The average molecular weight is 424 g/mol. The van der Waals surface area contributed by atoms with Crippen LogP contribution in [0.5, 0.6) is 5.88 Å². The second-order valence-electron chi connectivity index (χ2n) is 7.37. The summed E-state index contributed by atoms with van der Waals surface area (Å²) in [5.41, 5.74) is 9.55. The lowest BCUT2D eigenvalue weighted by molar-refractivity contribution is 0.204. The molecular formula is C18H22ClN5O3S. The minimum absolute atomic E-state index is 0.272. The molecule has 0 bridgehead atoms. The predicted octanol–water partition coefficient (Wildman–Crippen LogP) is 4.64. The van der Waals surface area contributed by atoms with Gasteiger partial charge in [-0.3, -0.25) is 0 Å². The molecule has 0 aliphatic heterocycles. The van der Waals surface area contributed by atoms with Gasteiger partial charge in [0.25, 0.3) is 0 Å². The Morgan fingerprint density at radius 2 is 2.11 bits per heavy atom. The summed E-state index contributed by atoms with van der Waals surface area (Å²) >= 11 is 6.04. The number of nitrogens with zero attached hydrogens (tertiary/aromatic N) is 5. The van der Waals surface area contributed by atoms with E-state index < -0.39 is 15.1 Å². The fraction of sp³-hybridized carbons (Fsp3) is 0.556. The monoisotopic (exact) mass is 423 g/mol. The van der Waals surface area contributed by atoms with Gasteiger partial charge in [-0.25, -0.2) is 18.4 Å². The highest BCUT2D eigenvalue weighted by atomic mass is 35.5. The number of halogens is 1. The van der Waals surface area contributed by atoms with Crippen LogP contribution < -0.4 is 4.74 Å². The molecule has 2 aromatic heterocycles. The van der Waals surface area contributed by atoms with E-state index in [1.165, 1.54) is 6.26 Å². The molecule has 3 atom stereocenters. The summed E-state index contributed by atoms with van der Waals surface area (Å²) in [5.74, 6) is 0.609. The molecule has 10 heteroatoms. The van der Waals surface area contributed by atoms with Gasteiger partial charge < -0.3 is 4.74 Å². The zero-order valence-electron chi connectivity index (χ0n) is 15.9. The van der Waals surface area contributed by atoms with Crippen LogP contribution in [0.1, 0.15) is 44.8 Å². The normalized spacial score (nSPS) is 17.6. The van der Waals surface area contributed by atoms with Crippen molar-refractivity contribution in [2.24, 2.45) is 11.0 Å². The van der Waals surface area contributed by atoms with E-state index in [4.69, 9.17) is 21.9 Å². The van der Waals surface area contributed by atoms with Crippen molar-refractivity contribution in [3.63, 3.8) is 0 Å². The third kappa shape index (κ3) is 4.84.